The van der Waals surface area contributed by atoms with E-state index in [2.05, 4.69) is 10.5 Å². The minimum Gasteiger partial charge on any atom is -0.482 e. The Labute approximate surface area is 111 Å². The molecule has 0 aliphatic heterocycles. The second-order valence-corrected chi connectivity index (χ2v) is 4.23. The first-order valence-electron chi connectivity index (χ1n) is 6.23. The van der Waals surface area contributed by atoms with Crippen LogP contribution in [0.1, 0.15) is 23.9 Å². The Hall–Kier alpha value is -1.88. The lowest BCUT2D eigenvalue weighted by molar-refractivity contribution is 0.237. The molecular formula is C14H17FN2O2. The summed E-state index contributed by atoms with van der Waals surface area (Å²) in [6, 6.07) is 6.67. The SMILES string of the molecule is CCNCc1cccc(F)c1OCc1cc(C)no1. The summed E-state index contributed by atoms with van der Waals surface area (Å²) in [7, 11) is 0. The summed E-state index contributed by atoms with van der Waals surface area (Å²) >= 11 is 0. The minimum absolute atomic E-state index is 0.168. The highest BCUT2D eigenvalue weighted by molar-refractivity contribution is 5.35. The Morgan fingerprint density at radius 1 is 1.42 bits per heavy atom. The molecule has 0 bridgehead atoms. The van der Waals surface area contributed by atoms with Gasteiger partial charge in [-0.3, -0.25) is 0 Å². The molecule has 0 radical (unpaired) electrons. The van der Waals surface area contributed by atoms with Crippen LogP contribution in [0.4, 0.5) is 4.39 Å². The number of aromatic nitrogens is 1. The van der Waals surface area contributed by atoms with Crippen LogP contribution in [-0.2, 0) is 13.2 Å². The largest absolute Gasteiger partial charge is 0.482 e. The summed E-state index contributed by atoms with van der Waals surface area (Å²) in [5.74, 6) is 0.472. The van der Waals surface area contributed by atoms with Crippen molar-refractivity contribution in [2.75, 3.05) is 6.54 Å². The zero-order valence-corrected chi connectivity index (χ0v) is 11.1. The number of halogens is 1. The zero-order valence-electron chi connectivity index (χ0n) is 11.1. The monoisotopic (exact) mass is 264 g/mol. The van der Waals surface area contributed by atoms with Crippen molar-refractivity contribution in [3.8, 4) is 5.75 Å². The van der Waals surface area contributed by atoms with Gasteiger partial charge in [-0.15, -0.1) is 0 Å². The molecule has 0 aliphatic carbocycles. The smallest absolute Gasteiger partial charge is 0.174 e. The fourth-order valence-corrected chi connectivity index (χ4v) is 1.74. The lowest BCUT2D eigenvalue weighted by Gasteiger charge is -2.11. The van der Waals surface area contributed by atoms with Crippen LogP contribution in [0.3, 0.4) is 0 Å². The van der Waals surface area contributed by atoms with E-state index in [9.17, 15) is 4.39 Å². The highest BCUT2D eigenvalue weighted by Gasteiger charge is 2.11. The Morgan fingerprint density at radius 2 is 2.26 bits per heavy atom. The zero-order chi connectivity index (χ0) is 13.7. The first kappa shape index (κ1) is 13.5. The third kappa shape index (κ3) is 3.54. The van der Waals surface area contributed by atoms with Crippen LogP contribution in [0.25, 0.3) is 0 Å². The minimum atomic E-state index is -0.369. The van der Waals surface area contributed by atoms with Gasteiger partial charge in [0.25, 0.3) is 0 Å². The topological polar surface area (TPSA) is 47.3 Å². The van der Waals surface area contributed by atoms with Crippen molar-refractivity contribution >= 4 is 0 Å². The lowest BCUT2D eigenvalue weighted by atomic mass is 10.2. The van der Waals surface area contributed by atoms with E-state index in [-0.39, 0.29) is 18.2 Å². The van der Waals surface area contributed by atoms with E-state index in [1.165, 1.54) is 6.07 Å². The number of aryl methyl sites for hydroxylation is 1. The quantitative estimate of drug-likeness (QED) is 0.871. The van der Waals surface area contributed by atoms with E-state index in [0.29, 0.717) is 12.3 Å². The molecule has 1 aromatic carbocycles. The van der Waals surface area contributed by atoms with E-state index < -0.39 is 0 Å². The van der Waals surface area contributed by atoms with Crippen LogP contribution >= 0.6 is 0 Å². The molecule has 2 aromatic rings. The number of rotatable bonds is 6. The van der Waals surface area contributed by atoms with Crippen molar-refractivity contribution < 1.29 is 13.7 Å². The molecule has 1 N–H and O–H groups in total. The highest BCUT2D eigenvalue weighted by Crippen LogP contribution is 2.23. The number of nitrogens with one attached hydrogen (secondary N) is 1. The van der Waals surface area contributed by atoms with Crippen LogP contribution in [0.15, 0.2) is 28.8 Å². The third-order valence-corrected chi connectivity index (χ3v) is 2.65. The van der Waals surface area contributed by atoms with E-state index in [0.717, 1.165) is 17.8 Å². The fraction of sp³-hybridized carbons (Fsp3) is 0.357. The molecule has 0 aliphatic rings. The van der Waals surface area contributed by atoms with Crippen molar-refractivity contribution in [3.63, 3.8) is 0 Å². The van der Waals surface area contributed by atoms with Crippen LogP contribution in [0.2, 0.25) is 0 Å². The van der Waals surface area contributed by atoms with Gasteiger partial charge in [-0.05, 0) is 19.5 Å². The molecule has 0 fully saturated rings. The van der Waals surface area contributed by atoms with Crippen molar-refractivity contribution in [2.45, 2.75) is 27.0 Å². The fourth-order valence-electron chi connectivity index (χ4n) is 1.74. The maximum atomic E-state index is 13.8. The van der Waals surface area contributed by atoms with Gasteiger partial charge >= 0.3 is 0 Å². The van der Waals surface area contributed by atoms with Gasteiger partial charge in [0.15, 0.2) is 17.3 Å². The van der Waals surface area contributed by atoms with Crippen molar-refractivity contribution in [1.82, 2.24) is 10.5 Å². The normalized spacial score (nSPS) is 10.7. The summed E-state index contributed by atoms with van der Waals surface area (Å²) in [5, 5.41) is 6.91. The van der Waals surface area contributed by atoms with Gasteiger partial charge in [0.1, 0.15) is 6.61 Å². The van der Waals surface area contributed by atoms with Crippen LogP contribution in [-0.4, -0.2) is 11.7 Å². The molecule has 0 saturated carbocycles. The molecule has 19 heavy (non-hydrogen) atoms. The first-order valence-corrected chi connectivity index (χ1v) is 6.23. The summed E-state index contributed by atoms with van der Waals surface area (Å²) in [6.45, 7) is 5.38. The van der Waals surface area contributed by atoms with E-state index in [4.69, 9.17) is 9.26 Å². The molecule has 0 spiro atoms. The second-order valence-electron chi connectivity index (χ2n) is 4.23. The molecule has 0 saturated heterocycles. The Kier molecular flexibility index (Phi) is 4.52. The van der Waals surface area contributed by atoms with Crippen LogP contribution in [0, 0.1) is 12.7 Å². The standard InChI is InChI=1S/C14H17FN2O2/c1-3-16-8-11-5-4-6-13(15)14(11)18-9-12-7-10(2)17-19-12/h4-7,16H,3,8-9H2,1-2H3. The van der Waals surface area contributed by atoms with Gasteiger partial charge in [-0.2, -0.15) is 0 Å². The maximum absolute atomic E-state index is 13.8. The molecule has 1 heterocycles. The molecule has 102 valence electrons. The number of hydrogen-bond donors (Lipinski definition) is 1. The summed E-state index contributed by atoms with van der Waals surface area (Å²) in [4.78, 5) is 0. The van der Waals surface area contributed by atoms with Gasteiger partial charge < -0.3 is 14.6 Å². The van der Waals surface area contributed by atoms with Gasteiger partial charge in [0, 0.05) is 18.2 Å². The van der Waals surface area contributed by atoms with Crippen molar-refractivity contribution in [1.29, 1.82) is 0 Å². The van der Waals surface area contributed by atoms with Crippen molar-refractivity contribution in [3.05, 3.63) is 47.1 Å². The summed E-state index contributed by atoms with van der Waals surface area (Å²) < 4.78 is 24.3. The van der Waals surface area contributed by atoms with E-state index in [1.54, 1.807) is 12.1 Å². The molecular weight excluding hydrogens is 247 g/mol. The number of para-hydroxylation sites is 1. The first-order chi connectivity index (χ1) is 9.20. The maximum Gasteiger partial charge on any atom is 0.174 e. The number of nitrogens with zero attached hydrogens (tertiary/aromatic N) is 1. The van der Waals surface area contributed by atoms with Gasteiger partial charge in [0.05, 0.1) is 5.69 Å². The van der Waals surface area contributed by atoms with Gasteiger partial charge in [-0.1, -0.05) is 24.2 Å². The molecule has 0 atom stereocenters. The van der Waals surface area contributed by atoms with E-state index in [1.807, 2.05) is 19.9 Å². The van der Waals surface area contributed by atoms with Gasteiger partial charge in [-0.25, -0.2) is 4.39 Å². The van der Waals surface area contributed by atoms with Crippen molar-refractivity contribution in [2.24, 2.45) is 0 Å². The number of benzene rings is 1. The molecule has 1 aromatic heterocycles. The molecule has 0 unspecified atom stereocenters. The second kappa shape index (κ2) is 6.33. The Morgan fingerprint density at radius 3 is 2.95 bits per heavy atom. The average Bonchev–Trinajstić information content (AvgIpc) is 2.81. The highest BCUT2D eigenvalue weighted by atomic mass is 19.1. The Bertz CT molecular complexity index is 540. The number of hydrogen-bond acceptors (Lipinski definition) is 4. The Balaban J connectivity index is 2.09. The summed E-state index contributed by atoms with van der Waals surface area (Å²) in [5.41, 5.74) is 1.57. The summed E-state index contributed by atoms with van der Waals surface area (Å²) in [6.07, 6.45) is 0. The average molecular weight is 264 g/mol. The number of ether oxygens (including phenoxy) is 1. The predicted molar refractivity (Wildman–Crippen MR) is 69.4 cm³/mol. The van der Waals surface area contributed by atoms with Crippen LogP contribution < -0.4 is 10.1 Å². The predicted octanol–water partition coefficient (Wildman–Crippen LogP) is 2.81. The molecule has 4 nitrogen and oxygen atoms in total. The van der Waals surface area contributed by atoms with Gasteiger partial charge in [0.2, 0.25) is 0 Å². The van der Waals surface area contributed by atoms with E-state index >= 15 is 0 Å². The van der Waals surface area contributed by atoms with Crippen LogP contribution in [0.5, 0.6) is 5.75 Å². The third-order valence-electron chi connectivity index (χ3n) is 2.65. The molecule has 2 rings (SSSR count). The molecule has 5 heteroatoms. The molecule has 0 amide bonds. The lowest BCUT2D eigenvalue weighted by Crippen LogP contribution is -2.13.